The third-order valence-electron chi connectivity index (χ3n) is 2.93. The molecule has 2 aromatic carbocycles. The van der Waals surface area contributed by atoms with Crippen molar-refractivity contribution in [3.8, 4) is 11.8 Å². The van der Waals surface area contributed by atoms with E-state index in [2.05, 4.69) is 5.32 Å². The maximum absolute atomic E-state index is 13.5. The molecule has 0 aliphatic carbocycles. The molecule has 0 heterocycles. The average molecular weight is 330 g/mol. The Balaban J connectivity index is 2.10. The number of carbonyl (C=O) groups is 1. The standard InChI is InChI=1S/C17H12F2N2O3/c18-11-6-7-15(14(19)8-11)21-17(23)13(9-20)16(22)10-24-12-4-2-1-3-5-12/h1-8,22H,10H2,(H,21,23)/b16-13-. The highest BCUT2D eigenvalue weighted by Gasteiger charge is 2.17. The van der Waals surface area contributed by atoms with Gasteiger partial charge in [-0.05, 0) is 24.3 Å². The first-order valence-electron chi connectivity index (χ1n) is 6.77. The van der Waals surface area contributed by atoms with Crippen LogP contribution in [0.2, 0.25) is 0 Å². The number of aliphatic hydroxyl groups is 1. The van der Waals surface area contributed by atoms with Crippen molar-refractivity contribution >= 4 is 11.6 Å². The van der Waals surface area contributed by atoms with Gasteiger partial charge in [0.15, 0.2) is 11.3 Å². The zero-order chi connectivity index (χ0) is 17.5. The molecule has 0 unspecified atom stereocenters. The van der Waals surface area contributed by atoms with Crippen LogP contribution in [0.4, 0.5) is 14.5 Å². The number of halogens is 2. The molecule has 0 aromatic heterocycles. The minimum absolute atomic E-state index is 0.314. The fraction of sp³-hybridized carbons (Fsp3) is 0.0588. The van der Waals surface area contributed by atoms with Gasteiger partial charge in [-0.25, -0.2) is 8.78 Å². The summed E-state index contributed by atoms with van der Waals surface area (Å²) < 4.78 is 31.6. The van der Waals surface area contributed by atoms with Gasteiger partial charge in [0.05, 0.1) is 5.69 Å². The summed E-state index contributed by atoms with van der Waals surface area (Å²) in [5.41, 5.74) is -0.944. The number of aliphatic hydroxyl groups excluding tert-OH is 1. The van der Waals surface area contributed by atoms with Crippen molar-refractivity contribution in [2.45, 2.75) is 0 Å². The van der Waals surface area contributed by atoms with E-state index in [1.807, 2.05) is 0 Å². The summed E-state index contributed by atoms with van der Waals surface area (Å²) in [5, 5.41) is 21.0. The second-order valence-corrected chi connectivity index (χ2v) is 4.61. The zero-order valence-corrected chi connectivity index (χ0v) is 12.3. The molecule has 0 aliphatic rings. The van der Waals surface area contributed by atoms with Gasteiger partial charge in [0.2, 0.25) is 0 Å². The van der Waals surface area contributed by atoms with Gasteiger partial charge in [0, 0.05) is 6.07 Å². The Bertz CT molecular complexity index is 814. The van der Waals surface area contributed by atoms with Crippen molar-refractivity contribution < 1.29 is 23.4 Å². The van der Waals surface area contributed by atoms with Gasteiger partial charge in [-0.1, -0.05) is 18.2 Å². The lowest BCUT2D eigenvalue weighted by Gasteiger charge is -2.09. The van der Waals surface area contributed by atoms with Gasteiger partial charge in [-0.3, -0.25) is 4.79 Å². The number of ether oxygens (including phenoxy) is 1. The van der Waals surface area contributed by atoms with E-state index in [0.717, 1.165) is 12.1 Å². The largest absolute Gasteiger partial charge is 0.507 e. The molecule has 1 amide bonds. The van der Waals surface area contributed by atoms with Crippen molar-refractivity contribution in [3.05, 3.63) is 71.5 Å². The molecule has 2 aromatic rings. The molecule has 0 atom stereocenters. The molecule has 0 saturated heterocycles. The average Bonchev–Trinajstić information content (AvgIpc) is 2.57. The van der Waals surface area contributed by atoms with Crippen LogP contribution in [0.5, 0.6) is 5.75 Å². The molecule has 0 spiro atoms. The molecule has 0 fully saturated rings. The topological polar surface area (TPSA) is 82.4 Å². The summed E-state index contributed by atoms with van der Waals surface area (Å²) in [6, 6.07) is 12.5. The Hall–Kier alpha value is -3.40. The number of rotatable bonds is 5. The smallest absolute Gasteiger partial charge is 0.270 e. The predicted molar refractivity (Wildman–Crippen MR) is 82.2 cm³/mol. The zero-order valence-electron chi connectivity index (χ0n) is 12.3. The molecule has 24 heavy (non-hydrogen) atoms. The number of para-hydroxylation sites is 1. The Morgan fingerprint density at radius 3 is 2.54 bits per heavy atom. The summed E-state index contributed by atoms with van der Waals surface area (Å²) in [7, 11) is 0. The van der Waals surface area contributed by atoms with Crippen molar-refractivity contribution in [1.82, 2.24) is 0 Å². The van der Waals surface area contributed by atoms with Gasteiger partial charge in [0.25, 0.3) is 5.91 Å². The summed E-state index contributed by atoms with van der Waals surface area (Å²) in [5.74, 6) is -3.01. The monoisotopic (exact) mass is 330 g/mol. The van der Waals surface area contributed by atoms with Crippen LogP contribution in [-0.2, 0) is 4.79 Å². The van der Waals surface area contributed by atoms with E-state index in [1.54, 1.807) is 30.3 Å². The Morgan fingerprint density at radius 1 is 1.21 bits per heavy atom. The van der Waals surface area contributed by atoms with Crippen LogP contribution in [0.1, 0.15) is 0 Å². The molecular formula is C17H12F2N2O3. The first-order chi connectivity index (χ1) is 11.5. The Morgan fingerprint density at radius 2 is 1.92 bits per heavy atom. The number of amides is 1. The highest BCUT2D eigenvalue weighted by molar-refractivity contribution is 6.06. The van der Waals surface area contributed by atoms with Gasteiger partial charge < -0.3 is 15.2 Å². The van der Waals surface area contributed by atoms with E-state index in [1.165, 1.54) is 6.07 Å². The van der Waals surface area contributed by atoms with E-state index in [0.29, 0.717) is 11.8 Å². The van der Waals surface area contributed by atoms with Crippen LogP contribution in [0, 0.1) is 23.0 Å². The van der Waals surface area contributed by atoms with Crippen LogP contribution in [-0.4, -0.2) is 17.6 Å². The minimum Gasteiger partial charge on any atom is -0.507 e. The summed E-state index contributed by atoms with van der Waals surface area (Å²) >= 11 is 0. The van der Waals surface area contributed by atoms with Gasteiger partial charge in [0.1, 0.15) is 30.1 Å². The summed E-state index contributed by atoms with van der Waals surface area (Å²) in [6.45, 7) is -0.410. The SMILES string of the molecule is N#C/C(C(=O)Nc1ccc(F)cc1F)=C(/O)COc1ccccc1. The molecule has 122 valence electrons. The van der Waals surface area contributed by atoms with E-state index < -0.39 is 35.5 Å². The fourth-order valence-corrected chi connectivity index (χ4v) is 1.76. The molecule has 0 saturated carbocycles. The normalized spacial score (nSPS) is 11.2. The fourth-order valence-electron chi connectivity index (χ4n) is 1.76. The Labute approximate surface area is 136 Å². The number of hydrogen-bond donors (Lipinski definition) is 2. The molecule has 0 bridgehead atoms. The van der Waals surface area contributed by atoms with Crippen LogP contribution in [0.25, 0.3) is 0 Å². The first-order valence-corrected chi connectivity index (χ1v) is 6.77. The van der Waals surface area contributed by atoms with Crippen molar-refractivity contribution in [1.29, 1.82) is 5.26 Å². The molecule has 7 heteroatoms. The van der Waals surface area contributed by atoms with Crippen LogP contribution in [0.3, 0.4) is 0 Å². The Kier molecular flexibility index (Phi) is 5.47. The first kappa shape index (κ1) is 17.0. The van der Waals surface area contributed by atoms with E-state index in [-0.39, 0.29) is 5.69 Å². The predicted octanol–water partition coefficient (Wildman–Crippen LogP) is 3.32. The molecule has 2 rings (SSSR count). The van der Waals surface area contributed by atoms with Gasteiger partial charge in [-0.15, -0.1) is 0 Å². The third kappa shape index (κ3) is 4.30. The molecular weight excluding hydrogens is 318 g/mol. The maximum Gasteiger partial charge on any atom is 0.270 e. The number of nitrogens with zero attached hydrogens (tertiary/aromatic N) is 1. The van der Waals surface area contributed by atoms with E-state index in [9.17, 15) is 18.7 Å². The van der Waals surface area contributed by atoms with E-state index >= 15 is 0 Å². The van der Waals surface area contributed by atoms with Gasteiger partial charge in [-0.2, -0.15) is 5.26 Å². The van der Waals surface area contributed by atoms with E-state index in [4.69, 9.17) is 10.00 Å². The number of carbonyl (C=O) groups excluding carboxylic acids is 1. The third-order valence-corrected chi connectivity index (χ3v) is 2.93. The minimum atomic E-state index is -1.03. The van der Waals surface area contributed by atoms with Crippen molar-refractivity contribution in [3.63, 3.8) is 0 Å². The molecule has 5 nitrogen and oxygen atoms in total. The number of nitrogens with one attached hydrogen (secondary N) is 1. The lowest BCUT2D eigenvalue weighted by atomic mass is 10.2. The van der Waals surface area contributed by atoms with Crippen LogP contribution >= 0.6 is 0 Å². The highest BCUT2D eigenvalue weighted by atomic mass is 19.1. The summed E-state index contributed by atoms with van der Waals surface area (Å²) in [6.07, 6.45) is 0. The number of nitriles is 1. The second kappa shape index (κ2) is 7.74. The number of anilines is 1. The maximum atomic E-state index is 13.5. The van der Waals surface area contributed by atoms with Crippen molar-refractivity contribution in [2.75, 3.05) is 11.9 Å². The second-order valence-electron chi connectivity index (χ2n) is 4.61. The van der Waals surface area contributed by atoms with Gasteiger partial charge >= 0.3 is 0 Å². The molecule has 0 radical (unpaired) electrons. The number of hydrogen-bond acceptors (Lipinski definition) is 4. The quantitative estimate of drug-likeness (QED) is 0.500. The van der Waals surface area contributed by atoms with Crippen molar-refractivity contribution in [2.24, 2.45) is 0 Å². The lowest BCUT2D eigenvalue weighted by Crippen LogP contribution is -2.18. The van der Waals surface area contributed by atoms with Crippen LogP contribution in [0.15, 0.2) is 59.9 Å². The molecule has 0 aliphatic heterocycles. The summed E-state index contributed by atoms with van der Waals surface area (Å²) in [4.78, 5) is 12.0. The lowest BCUT2D eigenvalue weighted by molar-refractivity contribution is -0.112. The molecule has 2 N–H and O–H groups in total. The number of benzene rings is 2. The van der Waals surface area contributed by atoms with Crippen LogP contribution < -0.4 is 10.1 Å². The highest BCUT2D eigenvalue weighted by Crippen LogP contribution is 2.17.